The van der Waals surface area contributed by atoms with Gasteiger partial charge in [-0.2, -0.15) is 0 Å². The molecule has 0 spiro atoms. The van der Waals surface area contributed by atoms with Crippen LogP contribution in [0.1, 0.15) is 12.0 Å². The Hall–Kier alpha value is -1.59. The molecule has 1 fully saturated rings. The number of likely N-dealkylation sites (tertiary alicyclic amines) is 1. The van der Waals surface area contributed by atoms with Crippen molar-refractivity contribution in [2.45, 2.75) is 19.0 Å². The van der Waals surface area contributed by atoms with Gasteiger partial charge in [-0.25, -0.2) is 0 Å². The number of carbonyl (C=O) groups is 1. The molecular weight excluding hydrogens is 230 g/mol. The van der Waals surface area contributed by atoms with Gasteiger partial charge in [-0.05, 0) is 24.1 Å². The van der Waals surface area contributed by atoms with Crippen LogP contribution in [0.3, 0.4) is 0 Å². The van der Waals surface area contributed by atoms with Gasteiger partial charge in [-0.15, -0.1) is 0 Å². The van der Waals surface area contributed by atoms with Crippen LogP contribution in [0.5, 0.6) is 5.75 Å². The number of carbonyl (C=O) groups excluding carboxylic acids is 1. The van der Waals surface area contributed by atoms with E-state index in [4.69, 9.17) is 16.2 Å². The van der Waals surface area contributed by atoms with Crippen molar-refractivity contribution in [3.8, 4) is 5.75 Å². The van der Waals surface area contributed by atoms with Gasteiger partial charge < -0.3 is 16.2 Å². The third-order valence-corrected chi connectivity index (χ3v) is 3.02. The van der Waals surface area contributed by atoms with Gasteiger partial charge in [0.25, 0.3) is 5.91 Å². The Balaban J connectivity index is 1.85. The van der Waals surface area contributed by atoms with Gasteiger partial charge in [0.1, 0.15) is 5.75 Å². The van der Waals surface area contributed by atoms with Crippen LogP contribution in [-0.4, -0.2) is 36.5 Å². The van der Waals surface area contributed by atoms with Gasteiger partial charge in [0, 0.05) is 25.7 Å². The summed E-state index contributed by atoms with van der Waals surface area (Å²) in [7, 11) is 0. The molecule has 2 rings (SSSR count). The van der Waals surface area contributed by atoms with Crippen molar-refractivity contribution in [2.24, 2.45) is 11.5 Å². The van der Waals surface area contributed by atoms with E-state index in [1.54, 1.807) is 0 Å². The van der Waals surface area contributed by atoms with Crippen LogP contribution in [0.2, 0.25) is 0 Å². The van der Waals surface area contributed by atoms with Crippen molar-refractivity contribution in [3.63, 3.8) is 0 Å². The normalized spacial score (nSPS) is 19.9. The van der Waals surface area contributed by atoms with E-state index in [1.165, 1.54) is 5.56 Å². The first-order valence-electron chi connectivity index (χ1n) is 6.11. The van der Waals surface area contributed by atoms with Crippen molar-refractivity contribution in [1.29, 1.82) is 0 Å². The van der Waals surface area contributed by atoms with Gasteiger partial charge in [0.05, 0.1) is 0 Å². The Morgan fingerprint density at radius 1 is 1.39 bits per heavy atom. The van der Waals surface area contributed by atoms with Crippen LogP contribution in [0.25, 0.3) is 0 Å². The van der Waals surface area contributed by atoms with Crippen molar-refractivity contribution < 1.29 is 9.53 Å². The summed E-state index contributed by atoms with van der Waals surface area (Å²) in [4.78, 5) is 12.9. The SMILES string of the molecule is NC(=O)COc1ccc(CN2CCC(N)C2)cc1. The summed E-state index contributed by atoms with van der Waals surface area (Å²) in [6.07, 6.45) is 1.07. The van der Waals surface area contributed by atoms with Crippen LogP contribution in [-0.2, 0) is 11.3 Å². The van der Waals surface area contributed by atoms with Crippen LogP contribution >= 0.6 is 0 Å². The summed E-state index contributed by atoms with van der Waals surface area (Å²) < 4.78 is 5.20. The summed E-state index contributed by atoms with van der Waals surface area (Å²) in [6.45, 7) is 2.84. The van der Waals surface area contributed by atoms with E-state index >= 15 is 0 Å². The maximum Gasteiger partial charge on any atom is 0.255 e. The fourth-order valence-corrected chi connectivity index (χ4v) is 2.11. The van der Waals surface area contributed by atoms with Crippen molar-refractivity contribution in [1.82, 2.24) is 4.90 Å². The highest BCUT2D eigenvalue weighted by Gasteiger charge is 2.18. The summed E-state index contributed by atoms with van der Waals surface area (Å²) in [5, 5.41) is 0. The first kappa shape index (κ1) is 12.9. The lowest BCUT2D eigenvalue weighted by atomic mass is 10.2. The van der Waals surface area contributed by atoms with Gasteiger partial charge in [-0.1, -0.05) is 12.1 Å². The third-order valence-electron chi connectivity index (χ3n) is 3.02. The zero-order chi connectivity index (χ0) is 13.0. The molecule has 5 nitrogen and oxygen atoms in total. The van der Waals surface area contributed by atoms with Gasteiger partial charge in [-0.3, -0.25) is 9.69 Å². The van der Waals surface area contributed by atoms with E-state index in [9.17, 15) is 4.79 Å². The molecule has 4 N–H and O–H groups in total. The Labute approximate surface area is 107 Å². The average molecular weight is 249 g/mol. The molecule has 0 radical (unpaired) electrons. The molecule has 0 saturated carbocycles. The van der Waals surface area contributed by atoms with Crippen LogP contribution in [0.15, 0.2) is 24.3 Å². The minimum atomic E-state index is -0.467. The molecule has 5 heteroatoms. The van der Waals surface area contributed by atoms with Crippen LogP contribution in [0.4, 0.5) is 0 Å². The monoisotopic (exact) mass is 249 g/mol. The van der Waals surface area contributed by atoms with Crippen molar-refractivity contribution in [2.75, 3.05) is 19.7 Å². The average Bonchev–Trinajstić information content (AvgIpc) is 2.74. The molecular formula is C13H19N3O2. The highest BCUT2D eigenvalue weighted by atomic mass is 16.5. The molecule has 1 saturated heterocycles. The summed E-state index contributed by atoms with van der Waals surface area (Å²) in [6, 6.07) is 8.02. The van der Waals surface area contributed by atoms with E-state index in [2.05, 4.69) is 4.90 Å². The smallest absolute Gasteiger partial charge is 0.255 e. The first-order valence-corrected chi connectivity index (χ1v) is 6.11. The molecule has 0 aromatic heterocycles. The van der Waals surface area contributed by atoms with E-state index in [0.29, 0.717) is 11.8 Å². The molecule has 1 aromatic carbocycles. The van der Waals surface area contributed by atoms with Crippen molar-refractivity contribution >= 4 is 5.91 Å². The maximum atomic E-state index is 10.6. The Kier molecular flexibility index (Phi) is 4.17. The number of hydrogen-bond acceptors (Lipinski definition) is 4. The molecule has 1 atom stereocenters. The molecule has 1 amide bonds. The summed E-state index contributed by atoms with van der Waals surface area (Å²) >= 11 is 0. The number of nitrogens with zero attached hydrogens (tertiary/aromatic N) is 1. The molecule has 1 unspecified atom stereocenters. The molecule has 18 heavy (non-hydrogen) atoms. The lowest BCUT2D eigenvalue weighted by Gasteiger charge is -2.15. The fraction of sp³-hybridized carbons (Fsp3) is 0.462. The van der Waals surface area contributed by atoms with E-state index < -0.39 is 5.91 Å². The minimum absolute atomic E-state index is 0.0830. The van der Waals surface area contributed by atoms with E-state index in [-0.39, 0.29) is 6.61 Å². The molecule has 1 aromatic rings. The topological polar surface area (TPSA) is 81.6 Å². The number of nitrogens with two attached hydrogens (primary N) is 2. The lowest BCUT2D eigenvalue weighted by molar-refractivity contribution is -0.119. The molecule has 1 aliphatic heterocycles. The second-order valence-corrected chi connectivity index (χ2v) is 4.68. The highest BCUT2D eigenvalue weighted by Crippen LogP contribution is 2.16. The summed E-state index contributed by atoms with van der Waals surface area (Å²) in [5.74, 6) is 0.195. The quantitative estimate of drug-likeness (QED) is 0.774. The van der Waals surface area contributed by atoms with Gasteiger partial charge >= 0.3 is 0 Å². The second-order valence-electron chi connectivity index (χ2n) is 4.68. The lowest BCUT2D eigenvalue weighted by Crippen LogP contribution is -2.26. The van der Waals surface area contributed by atoms with E-state index in [0.717, 1.165) is 26.1 Å². The third kappa shape index (κ3) is 3.72. The number of rotatable bonds is 5. The molecule has 0 aliphatic carbocycles. The number of benzene rings is 1. The van der Waals surface area contributed by atoms with E-state index in [1.807, 2.05) is 24.3 Å². The number of primary amides is 1. The predicted octanol–water partition coefficient (Wildman–Crippen LogP) is 0.0837. The zero-order valence-corrected chi connectivity index (χ0v) is 10.3. The van der Waals surface area contributed by atoms with Crippen LogP contribution < -0.4 is 16.2 Å². The van der Waals surface area contributed by atoms with Gasteiger partial charge in [0.15, 0.2) is 6.61 Å². The summed E-state index contributed by atoms with van der Waals surface area (Å²) in [5.41, 5.74) is 12.1. The molecule has 1 heterocycles. The van der Waals surface area contributed by atoms with Gasteiger partial charge in [0.2, 0.25) is 0 Å². The number of ether oxygens (including phenoxy) is 1. The first-order chi connectivity index (χ1) is 8.63. The predicted molar refractivity (Wildman–Crippen MR) is 69.0 cm³/mol. The minimum Gasteiger partial charge on any atom is -0.484 e. The Bertz CT molecular complexity index is 405. The largest absolute Gasteiger partial charge is 0.484 e. The zero-order valence-electron chi connectivity index (χ0n) is 10.3. The second kappa shape index (κ2) is 5.84. The molecule has 0 bridgehead atoms. The molecule has 98 valence electrons. The Morgan fingerprint density at radius 2 is 2.11 bits per heavy atom. The standard InChI is InChI=1S/C13H19N3O2/c14-11-5-6-16(8-11)7-10-1-3-12(4-2-10)18-9-13(15)17/h1-4,11H,5-9,14H2,(H2,15,17). The maximum absolute atomic E-state index is 10.6. The number of hydrogen-bond donors (Lipinski definition) is 2. The molecule has 1 aliphatic rings. The fourth-order valence-electron chi connectivity index (χ4n) is 2.11. The van der Waals surface area contributed by atoms with Crippen molar-refractivity contribution in [3.05, 3.63) is 29.8 Å². The highest BCUT2D eigenvalue weighted by molar-refractivity contribution is 5.75. The van der Waals surface area contributed by atoms with Crippen LogP contribution in [0, 0.1) is 0 Å². The number of amides is 1. The Morgan fingerprint density at radius 3 is 2.67 bits per heavy atom.